The van der Waals surface area contributed by atoms with Crippen molar-refractivity contribution in [2.75, 3.05) is 6.61 Å². The van der Waals surface area contributed by atoms with Crippen molar-refractivity contribution in [1.82, 2.24) is 0 Å². The predicted octanol–water partition coefficient (Wildman–Crippen LogP) is 2.48. The first-order valence-corrected chi connectivity index (χ1v) is 4.96. The second-order valence-corrected chi connectivity index (χ2v) is 4.83. The van der Waals surface area contributed by atoms with Crippen molar-refractivity contribution in [2.24, 2.45) is 17.2 Å². The van der Waals surface area contributed by atoms with Crippen molar-refractivity contribution < 1.29 is 4.84 Å². The Kier molecular flexibility index (Phi) is 3.53. The molecule has 0 aliphatic heterocycles. The number of hydrogen-bond donors (Lipinski definition) is 1. The van der Waals surface area contributed by atoms with E-state index in [2.05, 4.69) is 13.8 Å². The maximum atomic E-state index is 5.09. The van der Waals surface area contributed by atoms with Crippen molar-refractivity contribution in [2.45, 2.75) is 46.0 Å². The molecule has 1 aliphatic rings. The van der Waals surface area contributed by atoms with Gasteiger partial charge in [-0.05, 0) is 17.8 Å². The fraction of sp³-hybridized carbons (Fsp3) is 1.00. The average Bonchev–Trinajstić information content (AvgIpc) is 2.38. The monoisotopic (exact) mass is 171 g/mol. The molecule has 2 nitrogen and oxygen atoms in total. The molecule has 0 saturated heterocycles. The van der Waals surface area contributed by atoms with Crippen molar-refractivity contribution in [3.63, 3.8) is 0 Å². The van der Waals surface area contributed by atoms with Crippen molar-refractivity contribution in [3.05, 3.63) is 0 Å². The van der Waals surface area contributed by atoms with Crippen LogP contribution >= 0.6 is 0 Å². The van der Waals surface area contributed by atoms with Gasteiger partial charge in [0.15, 0.2) is 0 Å². The fourth-order valence-corrected chi connectivity index (χ4v) is 2.28. The summed E-state index contributed by atoms with van der Waals surface area (Å²) in [5.41, 5.74) is 0.268. The molecule has 0 aromatic carbocycles. The first kappa shape index (κ1) is 10.0. The van der Waals surface area contributed by atoms with Gasteiger partial charge in [-0.3, -0.25) is 0 Å². The van der Waals surface area contributed by atoms with Gasteiger partial charge in [0.2, 0.25) is 0 Å². The van der Waals surface area contributed by atoms with Gasteiger partial charge in [-0.2, -0.15) is 0 Å². The molecular weight excluding hydrogens is 150 g/mol. The molecule has 2 heteroatoms. The van der Waals surface area contributed by atoms with E-state index in [1.807, 2.05) is 0 Å². The van der Waals surface area contributed by atoms with Gasteiger partial charge in [-0.1, -0.05) is 39.5 Å². The van der Waals surface area contributed by atoms with E-state index >= 15 is 0 Å². The maximum Gasteiger partial charge on any atom is 0.0730 e. The van der Waals surface area contributed by atoms with Crippen LogP contribution in [0.15, 0.2) is 0 Å². The number of nitrogens with two attached hydrogens (primary N) is 1. The van der Waals surface area contributed by atoms with Gasteiger partial charge in [0.1, 0.15) is 0 Å². The summed E-state index contributed by atoms with van der Waals surface area (Å²) in [5.74, 6) is 6.01. The van der Waals surface area contributed by atoms with Crippen LogP contribution in [0, 0.1) is 11.3 Å². The lowest BCUT2D eigenvalue weighted by Crippen LogP contribution is -2.24. The summed E-state index contributed by atoms with van der Waals surface area (Å²) in [6.07, 6.45) is 6.93. The Morgan fingerprint density at radius 1 is 1.33 bits per heavy atom. The molecule has 1 rings (SSSR count). The highest BCUT2D eigenvalue weighted by molar-refractivity contribution is 4.76. The summed E-state index contributed by atoms with van der Waals surface area (Å²) >= 11 is 0. The Hall–Kier alpha value is -0.0800. The van der Waals surface area contributed by atoms with Crippen molar-refractivity contribution in [3.8, 4) is 0 Å². The van der Waals surface area contributed by atoms with E-state index in [-0.39, 0.29) is 5.41 Å². The summed E-state index contributed by atoms with van der Waals surface area (Å²) in [6, 6.07) is 0. The molecule has 1 fully saturated rings. The van der Waals surface area contributed by atoms with E-state index in [4.69, 9.17) is 10.7 Å². The van der Waals surface area contributed by atoms with Gasteiger partial charge in [-0.15, -0.1) is 0 Å². The fourth-order valence-electron chi connectivity index (χ4n) is 2.28. The van der Waals surface area contributed by atoms with Crippen LogP contribution in [0.3, 0.4) is 0 Å². The normalized spacial score (nSPS) is 20.2. The van der Waals surface area contributed by atoms with E-state index in [1.165, 1.54) is 32.1 Å². The minimum Gasteiger partial charge on any atom is -0.304 e. The second kappa shape index (κ2) is 4.24. The third-order valence-corrected chi connectivity index (χ3v) is 2.79. The van der Waals surface area contributed by atoms with Crippen LogP contribution in [-0.2, 0) is 4.84 Å². The molecule has 0 amide bonds. The molecule has 1 aliphatic carbocycles. The Bertz CT molecular complexity index is 128. The molecular formula is C10H21NO. The molecule has 72 valence electrons. The van der Waals surface area contributed by atoms with Crippen LogP contribution in [0.4, 0.5) is 0 Å². The van der Waals surface area contributed by atoms with Gasteiger partial charge in [0.05, 0.1) is 6.61 Å². The second-order valence-electron chi connectivity index (χ2n) is 4.83. The first-order valence-electron chi connectivity index (χ1n) is 4.96. The first-order chi connectivity index (χ1) is 5.64. The zero-order valence-electron chi connectivity index (χ0n) is 8.31. The van der Waals surface area contributed by atoms with Crippen molar-refractivity contribution >= 4 is 0 Å². The molecule has 0 heterocycles. The van der Waals surface area contributed by atoms with E-state index in [0.717, 1.165) is 5.92 Å². The summed E-state index contributed by atoms with van der Waals surface area (Å²) in [5, 5.41) is 0. The molecule has 0 aromatic rings. The molecule has 0 radical (unpaired) electrons. The Morgan fingerprint density at radius 3 is 2.42 bits per heavy atom. The highest BCUT2D eigenvalue weighted by Gasteiger charge is 2.25. The third-order valence-electron chi connectivity index (χ3n) is 2.79. The largest absolute Gasteiger partial charge is 0.304 e. The molecule has 12 heavy (non-hydrogen) atoms. The highest BCUT2D eigenvalue weighted by Crippen LogP contribution is 2.35. The van der Waals surface area contributed by atoms with Crippen molar-refractivity contribution in [1.29, 1.82) is 0 Å². The minimum absolute atomic E-state index is 0.268. The Labute approximate surface area is 75.4 Å². The number of hydrogen-bond acceptors (Lipinski definition) is 2. The topological polar surface area (TPSA) is 35.2 Å². The molecule has 0 bridgehead atoms. The van der Waals surface area contributed by atoms with Crippen LogP contribution < -0.4 is 5.90 Å². The van der Waals surface area contributed by atoms with Gasteiger partial charge in [0, 0.05) is 0 Å². The Balaban J connectivity index is 2.27. The summed E-state index contributed by atoms with van der Waals surface area (Å²) < 4.78 is 0. The van der Waals surface area contributed by atoms with Gasteiger partial charge >= 0.3 is 0 Å². The smallest absolute Gasteiger partial charge is 0.0730 e. The summed E-state index contributed by atoms with van der Waals surface area (Å²) in [4.78, 5) is 4.72. The van der Waals surface area contributed by atoms with Crippen LogP contribution in [0.2, 0.25) is 0 Å². The van der Waals surface area contributed by atoms with E-state index in [1.54, 1.807) is 0 Å². The highest BCUT2D eigenvalue weighted by atomic mass is 16.6. The van der Waals surface area contributed by atoms with E-state index in [9.17, 15) is 0 Å². The zero-order chi connectivity index (χ0) is 9.03. The molecule has 1 saturated carbocycles. The van der Waals surface area contributed by atoms with Crippen LogP contribution in [0.25, 0.3) is 0 Å². The predicted molar refractivity (Wildman–Crippen MR) is 50.5 cm³/mol. The van der Waals surface area contributed by atoms with E-state index in [0.29, 0.717) is 6.61 Å². The molecule has 2 N–H and O–H groups in total. The summed E-state index contributed by atoms with van der Waals surface area (Å²) in [6.45, 7) is 5.15. The quantitative estimate of drug-likeness (QED) is 0.659. The maximum absolute atomic E-state index is 5.09. The third kappa shape index (κ3) is 3.11. The van der Waals surface area contributed by atoms with Gasteiger partial charge < -0.3 is 4.84 Å². The van der Waals surface area contributed by atoms with Gasteiger partial charge in [0.25, 0.3) is 0 Å². The van der Waals surface area contributed by atoms with Crippen LogP contribution in [0.5, 0.6) is 0 Å². The number of rotatable bonds is 4. The molecule has 0 aromatic heterocycles. The molecule has 0 spiro atoms. The lowest BCUT2D eigenvalue weighted by atomic mass is 9.83. The lowest BCUT2D eigenvalue weighted by Gasteiger charge is -2.26. The Morgan fingerprint density at radius 2 is 1.92 bits per heavy atom. The minimum atomic E-state index is 0.268. The standard InChI is InChI=1S/C10H21NO/c1-10(2,8-12-11)7-9-5-3-4-6-9/h9H,3-8,11H2,1-2H3. The van der Waals surface area contributed by atoms with Crippen LogP contribution in [-0.4, -0.2) is 6.61 Å². The van der Waals surface area contributed by atoms with Crippen LogP contribution in [0.1, 0.15) is 46.0 Å². The summed E-state index contributed by atoms with van der Waals surface area (Å²) in [7, 11) is 0. The van der Waals surface area contributed by atoms with E-state index < -0.39 is 0 Å². The average molecular weight is 171 g/mol. The zero-order valence-corrected chi connectivity index (χ0v) is 8.31. The molecule has 0 unspecified atom stereocenters. The van der Waals surface area contributed by atoms with Gasteiger partial charge in [-0.25, -0.2) is 5.90 Å². The SMILES string of the molecule is CC(C)(CON)CC1CCCC1. The lowest BCUT2D eigenvalue weighted by molar-refractivity contribution is 0.0492. The molecule has 0 atom stereocenters.